The number of halogens is 1. The molecule has 68 valence electrons. The Bertz CT molecular complexity index is 298. The van der Waals surface area contributed by atoms with E-state index in [-0.39, 0.29) is 0 Å². The van der Waals surface area contributed by atoms with Gasteiger partial charge in [-0.15, -0.1) is 0 Å². The molecule has 1 aromatic rings. The van der Waals surface area contributed by atoms with Gasteiger partial charge in [-0.3, -0.25) is 0 Å². The molecule has 0 radical (unpaired) electrons. The molecular weight excluding hydrogens is 226 g/mol. The van der Waals surface area contributed by atoms with Gasteiger partial charge >= 0.3 is 0 Å². The molecule has 1 aliphatic rings. The van der Waals surface area contributed by atoms with Crippen LogP contribution in [0.3, 0.4) is 0 Å². The molecule has 0 unspecified atom stereocenters. The molecule has 1 aromatic heterocycles. The van der Waals surface area contributed by atoms with Crippen molar-refractivity contribution in [2.24, 2.45) is 5.92 Å². The van der Waals surface area contributed by atoms with Crippen LogP contribution in [0, 0.1) is 5.92 Å². The van der Waals surface area contributed by atoms with Gasteiger partial charge in [0.1, 0.15) is 4.60 Å². The lowest BCUT2D eigenvalue weighted by Crippen LogP contribution is -1.83. The number of allylic oxidation sites excluding steroid dienone is 2. The highest BCUT2D eigenvalue weighted by Gasteiger charge is 2.16. The van der Waals surface area contributed by atoms with Crippen molar-refractivity contribution in [3.8, 4) is 0 Å². The van der Waals surface area contributed by atoms with E-state index < -0.39 is 0 Å². The van der Waals surface area contributed by atoms with Crippen molar-refractivity contribution in [1.82, 2.24) is 4.98 Å². The zero-order valence-corrected chi connectivity index (χ0v) is 9.00. The largest absolute Gasteiger partial charge is 0.249 e. The van der Waals surface area contributed by atoms with Crippen molar-refractivity contribution in [1.29, 1.82) is 0 Å². The Balaban J connectivity index is 1.89. The Labute approximate surface area is 87.0 Å². The van der Waals surface area contributed by atoms with Crippen LogP contribution in [0.15, 0.2) is 35.1 Å². The fraction of sp³-hybridized carbons (Fsp3) is 0.364. The second kappa shape index (κ2) is 4.05. The van der Waals surface area contributed by atoms with E-state index in [2.05, 4.69) is 39.1 Å². The third kappa shape index (κ3) is 2.96. The van der Waals surface area contributed by atoms with Gasteiger partial charge in [0.05, 0.1) is 0 Å². The van der Waals surface area contributed by atoms with Crippen LogP contribution in [0.5, 0.6) is 0 Å². The van der Waals surface area contributed by atoms with E-state index in [4.69, 9.17) is 0 Å². The summed E-state index contributed by atoms with van der Waals surface area (Å²) in [6, 6.07) is 4.09. The Morgan fingerprint density at radius 2 is 2.31 bits per heavy atom. The van der Waals surface area contributed by atoms with Crippen molar-refractivity contribution in [3.63, 3.8) is 0 Å². The molecule has 1 nitrogen and oxygen atoms in total. The molecule has 0 aliphatic heterocycles. The molecule has 2 heteroatoms. The lowest BCUT2D eigenvalue weighted by molar-refractivity contribution is 1.09. The monoisotopic (exact) mass is 237 g/mol. The number of hydrogen-bond acceptors (Lipinski definition) is 1. The van der Waals surface area contributed by atoms with Gasteiger partial charge in [0.2, 0.25) is 0 Å². The van der Waals surface area contributed by atoms with E-state index in [9.17, 15) is 0 Å². The molecule has 13 heavy (non-hydrogen) atoms. The summed E-state index contributed by atoms with van der Waals surface area (Å²) in [5.41, 5.74) is 1.28. The lowest BCUT2D eigenvalue weighted by atomic mass is 10.2. The normalized spacial score (nSPS) is 16.7. The maximum Gasteiger partial charge on any atom is 0.106 e. The van der Waals surface area contributed by atoms with Gasteiger partial charge in [0, 0.05) is 6.20 Å². The first-order chi connectivity index (χ1) is 6.34. The summed E-state index contributed by atoms with van der Waals surface area (Å²) < 4.78 is 0.905. The molecule has 1 fully saturated rings. The molecule has 1 saturated carbocycles. The third-order valence-electron chi connectivity index (χ3n) is 2.17. The van der Waals surface area contributed by atoms with Gasteiger partial charge in [-0.2, -0.15) is 0 Å². The number of hydrogen-bond donors (Lipinski definition) is 0. The highest BCUT2D eigenvalue weighted by molar-refractivity contribution is 9.10. The van der Waals surface area contributed by atoms with Crippen LogP contribution in [0.2, 0.25) is 0 Å². The third-order valence-corrected chi connectivity index (χ3v) is 2.64. The first kappa shape index (κ1) is 8.95. The first-order valence-corrected chi connectivity index (χ1v) is 5.41. The predicted octanol–water partition coefficient (Wildman–Crippen LogP) is 3.35. The minimum Gasteiger partial charge on any atom is -0.249 e. The predicted molar refractivity (Wildman–Crippen MR) is 57.5 cm³/mol. The molecule has 0 N–H and O–H groups in total. The van der Waals surface area contributed by atoms with E-state index in [1.54, 1.807) is 0 Å². The summed E-state index contributed by atoms with van der Waals surface area (Å²) in [4.78, 5) is 4.18. The Kier molecular flexibility index (Phi) is 2.79. The minimum atomic E-state index is 0.878. The molecule has 1 aliphatic carbocycles. The van der Waals surface area contributed by atoms with Gasteiger partial charge in [-0.25, -0.2) is 4.98 Å². The van der Waals surface area contributed by atoms with Crippen LogP contribution >= 0.6 is 15.9 Å². The van der Waals surface area contributed by atoms with E-state index in [0.29, 0.717) is 0 Å². The van der Waals surface area contributed by atoms with Gasteiger partial charge in [0.25, 0.3) is 0 Å². The Morgan fingerprint density at radius 1 is 1.46 bits per heavy atom. The quantitative estimate of drug-likeness (QED) is 0.581. The van der Waals surface area contributed by atoms with Crippen molar-refractivity contribution in [3.05, 3.63) is 40.6 Å². The molecule has 0 spiro atoms. The zero-order chi connectivity index (χ0) is 9.10. The van der Waals surface area contributed by atoms with Gasteiger partial charge < -0.3 is 0 Å². The summed E-state index contributed by atoms with van der Waals surface area (Å²) in [7, 11) is 0. The van der Waals surface area contributed by atoms with Crippen molar-refractivity contribution in [2.45, 2.75) is 19.3 Å². The second-order valence-electron chi connectivity index (χ2n) is 3.46. The van der Waals surface area contributed by atoms with E-state index in [1.165, 1.54) is 18.4 Å². The Hall–Kier alpha value is -0.630. The van der Waals surface area contributed by atoms with E-state index in [0.717, 1.165) is 16.9 Å². The SMILES string of the molecule is Brc1ccc(CC=CC2CC2)cn1. The van der Waals surface area contributed by atoms with Crippen LogP contribution in [-0.4, -0.2) is 4.98 Å². The van der Waals surface area contributed by atoms with Crippen LogP contribution in [0.1, 0.15) is 18.4 Å². The maximum atomic E-state index is 4.18. The van der Waals surface area contributed by atoms with Crippen molar-refractivity contribution < 1.29 is 0 Å². The van der Waals surface area contributed by atoms with E-state index in [1.807, 2.05) is 12.3 Å². The molecule has 0 amide bonds. The number of nitrogens with zero attached hydrogens (tertiary/aromatic N) is 1. The molecule has 0 aromatic carbocycles. The van der Waals surface area contributed by atoms with Gasteiger partial charge in [-0.1, -0.05) is 18.2 Å². The summed E-state index contributed by atoms with van der Waals surface area (Å²) in [6.07, 6.45) is 10.3. The molecule has 2 rings (SSSR count). The standard InChI is InChI=1S/C11H12BrN/c12-11-7-6-10(8-13-11)3-1-2-9-4-5-9/h1-2,6-9H,3-5H2. The molecule has 0 bridgehead atoms. The topological polar surface area (TPSA) is 12.9 Å². The fourth-order valence-electron chi connectivity index (χ4n) is 1.21. The lowest BCUT2D eigenvalue weighted by Gasteiger charge is -1.94. The minimum absolute atomic E-state index is 0.878. The first-order valence-electron chi connectivity index (χ1n) is 4.62. The van der Waals surface area contributed by atoms with Crippen molar-refractivity contribution >= 4 is 15.9 Å². The Morgan fingerprint density at radius 3 is 2.92 bits per heavy atom. The summed E-state index contributed by atoms with van der Waals surface area (Å²) >= 11 is 3.32. The molecule has 0 atom stereocenters. The maximum absolute atomic E-state index is 4.18. The average Bonchev–Trinajstić information content (AvgIpc) is 2.92. The van der Waals surface area contributed by atoms with Gasteiger partial charge in [-0.05, 0) is 52.7 Å². The molecule has 1 heterocycles. The summed E-state index contributed by atoms with van der Waals surface area (Å²) in [6.45, 7) is 0. The smallest absolute Gasteiger partial charge is 0.106 e. The van der Waals surface area contributed by atoms with Crippen LogP contribution < -0.4 is 0 Å². The number of aromatic nitrogens is 1. The summed E-state index contributed by atoms with van der Waals surface area (Å²) in [5, 5.41) is 0. The van der Waals surface area contributed by atoms with Crippen LogP contribution in [-0.2, 0) is 6.42 Å². The highest BCUT2D eigenvalue weighted by Crippen LogP contribution is 2.30. The number of rotatable bonds is 3. The summed E-state index contributed by atoms with van der Waals surface area (Å²) in [5.74, 6) is 0.878. The van der Waals surface area contributed by atoms with Crippen LogP contribution in [0.25, 0.3) is 0 Å². The van der Waals surface area contributed by atoms with Crippen molar-refractivity contribution in [2.75, 3.05) is 0 Å². The second-order valence-corrected chi connectivity index (χ2v) is 4.27. The average molecular weight is 238 g/mol. The molecule has 0 saturated heterocycles. The number of pyridine rings is 1. The van der Waals surface area contributed by atoms with E-state index >= 15 is 0 Å². The zero-order valence-electron chi connectivity index (χ0n) is 7.41. The van der Waals surface area contributed by atoms with Gasteiger partial charge in [0.15, 0.2) is 0 Å². The fourth-order valence-corrected chi connectivity index (χ4v) is 1.45. The molecular formula is C11H12BrN. The highest BCUT2D eigenvalue weighted by atomic mass is 79.9. The van der Waals surface area contributed by atoms with Crippen LogP contribution in [0.4, 0.5) is 0 Å².